The van der Waals surface area contributed by atoms with Crippen LogP contribution in [0.15, 0.2) is 0 Å². The van der Waals surface area contributed by atoms with E-state index in [2.05, 4.69) is 0 Å². The molecule has 1 aliphatic carbocycles. The van der Waals surface area contributed by atoms with E-state index in [4.69, 9.17) is 16.6 Å². The summed E-state index contributed by atoms with van der Waals surface area (Å²) in [6, 6.07) is 0. The zero-order chi connectivity index (χ0) is 11.9. The van der Waals surface area contributed by atoms with Gasteiger partial charge in [-0.1, -0.05) is 0 Å². The van der Waals surface area contributed by atoms with Gasteiger partial charge < -0.3 is 16.6 Å². The molecule has 5 N–H and O–H groups in total. The van der Waals surface area contributed by atoms with Crippen molar-refractivity contribution >= 4 is 28.2 Å². The Labute approximate surface area is 96.1 Å². The van der Waals surface area contributed by atoms with Crippen molar-refractivity contribution in [3.05, 3.63) is 16.0 Å². The molecule has 0 unspecified atom stereocenters. The zero-order valence-corrected chi connectivity index (χ0v) is 9.34. The molecule has 6 heteroatoms. The molecular formula is C10H12N2O3S. The zero-order valence-electron chi connectivity index (χ0n) is 8.53. The Morgan fingerprint density at radius 1 is 1.44 bits per heavy atom. The minimum absolute atomic E-state index is 0.0608. The summed E-state index contributed by atoms with van der Waals surface area (Å²) < 4.78 is 0. The Morgan fingerprint density at radius 2 is 2.06 bits per heavy atom. The molecule has 5 nitrogen and oxygen atoms in total. The van der Waals surface area contributed by atoms with Gasteiger partial charge in [0.1, 0.15) is 5.00 Å². The third kappa shape index (κ3) is 1.88. The fourth-order valence-corrected chi connectivity index (χ4v) is 2.67. The fourth-order valence-electron chi connectivity index (χ4n) is 1.72. The van der Waals surface area contributed by atoms with Crippen LogP contribution >= 0.6 is 11.3 Å². The van der Waals surface area contributed by atoms with Crippen molar-refractivity contribution in [2.75, 3.05) is 5.73 Å². The number of primary amides is 1. The van der Waals surface area contributed by atoms with Gasteiger partial charge in [-0.25, -0.2) is 4.79 Å². The number of hydrogen-bond acceptors (Lipinski definition) is 4. The molecule has 0 bridgehead atoms. The standard InChI is InChI=1S/C10H12N2O3S/c11-8(13)7-5(3-4-1-2-4)6(10(14)15)9(12)16-7/h4H,1-3,12H2,(H2,11,13)(H,14,15). The maximum atomic E-state index is 11.2. The topological polar surface area (TPSA) is 106 Å². The molecule has 1 amide bonds. The molecule has 16 heavy (non-hydrogen) atoms. The van der Waals surface area contributed by atoms with E-state index in [0.29, 0.717) is 22.8 Å². The lowest BCUT2D eigenvalue weighted by atomic mass is 10.0. The highest BCUT2D eigenvalue weighted by molar-refractivity contribution is 7.18. The Balaban J connectivity index is 2.48. The van der Waals surface area contributed by atoms with Crippen molar-refractivity contribution in [3.8, 4) is 0 Å². The second-order valence-corrected chi connectivity index (χ2v) is 5.02. The van der Waals surface area contributed by atoms with E-state index in [0.717, 1.165) is 24.2 Å². The van der Waals surface area contributed by atoms with Crippen molar-refractivity contribution < 1.29 is 14.7 Å². The number of carbonyl (C=O) groups is 2. The molecule has 0 radical (unpaired) electrons. The highest BCUT2D eigenvalue weighted by Crippen LogP contribution is 2.39. The third-order valence-corrected chi connectivity index (χ3v) is 3.74. The third-order valence-electron chi connectivity index (χ3n) is 2.66. The lowest BCUT2D eigenvalue weighted by Crippen LogP contribution is -2.13. The van der Waals surface area contributed by atoms with E-state index in [9.17, 15) is 9.59 Å². The Bertz CT molecular complexity index is 463. The molecule has 1 aromatic heterocycles. The second-order valence-electron chi connectivity index (χ2n) is 3.97. The smallest absolute Gasteiger partial charge is 0.339 e. The normalized spacial score (nSPS) is 15.0. The van der Waals surface area contributed by atoms with Crippen molar-refractivity contribution in [1.29, 1.82) is 0 Å². The van der Waals surface area contributed by atoms with Crippen LogP contribution in [0.3, 0.4) is 0 Å². The summed E-state index contributed by atoms with van der Waals surface area (Å²) in [4.78, 5) is 22.5. The number of carboxylic acids is 1. The van der Waals surface area contributed by atoms with Crippen LogP contribution in [0.25, 0.3) is 0 Å². The van der Waals surface area contributed by atoms with Gasteiger partial charge >= 0.3 is 5.97 Å². The summed E-state index contributed by atoms with van der Waals surface area (Å²) in [5, 5.41) is 9.21. The van der Waals surface area contributed by atoms with Gasteiger partial charge in [-0.15, -0.1) is 11.3 Å². The van der Waals surface area contributed by atoms with Crippen LogP contribution in [-0.2, 0) is 6.42 Å². The van der Waals surface area contributed by atoms with E-state index in [1.807, 2.05) is 0 Å². The number of carbonyl (C=O) groups excluding carboxylic acids is 1. The van der Waals surface area contributed by atoms with Crippen molar-refractivity contribution in [3.63, 3.8) is 0 Å². The predicted molar refractivity (Wildman–Crippen MR) is 60.6 cm³/mol. The summed E-state index contributed by atoms with van der Waals surface area (Å²) in [6.07, 6.45) is 2.74. The highest BCUT2D eigenvalue weighted by atomic mass is 32.1. The number of hydrogen-bond donors (Lipinski definition) is 3. The average Bonchev–Trinajstić information content (AvgIpc) is 2.89. The van der Waals surface area contributed by atoms with Gasteiger partial charge in [0.15, 0.2) is 0 Å². The number of rotatable bonds is 4. The highest BCUT2D eigenvalue weighted by Gasteiger charge is 2.30. The molecule has 1 fully saturated rings. The molecule has 86 valence electrons. The first-order valence-corrected chi connectivity index (χ1v) is 5.76. The van der Waals surface area contributed by atoms with Gasteiger partial charge in [0, 0.05) is 0 Å². The van der Waals surface area contributed by atoms with Gasteiger partial charge in [-0.2, -0.15) is 0 Å². The monoisotopic (exact) mass is 240 g/mol. The van der Waals surface area contributed by atoms with E-state index >= 15 is 0 Å². The molecular weight excluding hydrogens is 228 g/mol. The number of amides is 1. The molecule has 1 aromatic rings. The van der Waals surface area contributed by atoms with Crippen LogP contribution in [0, 0.1) is 5.92 Å². The van der Waals surface area contributed by atoms with E-state index in [1.165, 1.54) is 0 Å². The van der Waals surface area contributed by atoms with Gasteiger partial charge in [-0.05, 0) is 30.7 Å². The SMILES string of the molecule is NC(=O)c1sc(N)c(C(=O)O)c1CC1CC1. The number of thiophene rings is 1. The summed E-state index contributed by atoms with van der Waals surface area (Å²) in [7, 11) is 0. The molecule has 0 atom stereocenters. The van der Waals surface area contributed by atoms with E-state index in [1.54, 1.807) is 0 Å². The minimum atomic E-state index is -1.09. The summed E-state index contributed by atoms with van der Waals surface area (Å²) >= 11 is 0.970. The minimum Gasteiger partial charge on any atom is -0.478 e. The average molecular weight is 240 g/mol. The number of carboxylic acid groups (broad SMARTS) is 1. The van der Waals surface area contributed by atoms with Gasteiger partial charge in [0.05, 0.1) is 10.4 Å². The number of nitrogens with two attached hydrogens (primary N) is 2. The molecule has 1 saturated carbocycles. The summed E-state index contributed by atoms with van der Waals surface area (Å²) in [5.41, 5.74) is 11.4. The van der Waals surface area contributed by atoms with Crippen LogP contribution in [0.2, 0.25) is 0 Å². The van der Waals surface area contributed by atoms with Gasteiger partial charge in [0.2, 0.25) is 0 Å². The van der Waals surface area contributed by atoms with E-state index in [-0.39, 0.29) is 10.6 Å². The fraction of sp³-hybridized carbons (Fsp3) is 0.400. The summed E-state index contributed by atoms with van der Waals surface area (Å²) in [5.74, 6) is -1.21. The van der Waals surface area contributed by atoms with Crippen LogP contribution < -0.4 is 11.5 Å². The molecule has 0 aliphatic heterocycles. The molecule has 1 aliphatic rings. The van der Waals surface area contributed by atoms with Gasteiger partial charge in [-0.3, -0.25) is 4.79 Å². The maximum absolute atomic E-state index is 11.2. The maximum Gasteiger partial charge on any atom is 0.339 e. The van der Waals surface area contributed by atoms with Crippen LogP contribution in [0.1, 0.15) is 38.4 Å². The van der Waals surface area contributed by atoms with E-state index < -0.39 is 11.9 Å². The largest absolute Gasteiger partial charge is 0.478 e. The molecule has 0 aromatic carbocycles. The van der Waals surface area contributed by atoms with Crippen LogP contribution in [-0.4, -0.2) is 17.0 Å². The first-order chi connectivity index (χ1) is 7.50. The Kier molecular flexibility index (Phi) is 2.59. The van der Waals surface area contributed by atoms with Crippen LogP contribution in [0.5, 0.6) is 0 Å². The van der Waals surface area contributed by atoms with Crippen molar-refractivity contribution in [2.24, 2.45) is 11.7 Å². The second kappa shape index (κ2) is 3.79. The van der Waals surface area contributed by atoms with Gasteiger partial charge in [0.25, 0.3) is 5.91 Å². The lowest BCUT2D eigenvalue weighted by Gasteiger charge is -2.01. The van der Waals surface area contributed by atoms with Crippen molar-refractivity contribution in [1.82, 2.24) is 0 Å². The first-order valence-electron chi connectivity index (χ1n) is 4.95. The predicted octanol–water partition coefficient (Wildman–Crippen LogP) is 1.08. The number of aromatic carboxylic acids is 1. The van der Waals surface area contributed by atoms with Crippen molar-refractivity contribution in [2.45, 2.75) is 19.3 Å². The first kappa shape index (κ1) is 10.9. The van der Waals surface area contributed by atoms with Crippen LogP contribution in [0.4, 0.5) is 5.00 Å². The lowest BCUT2D eigenvalue weighted by molar-refractivity contribution is 0.0697. The molecule has 0 saturated heterocycles. The quantitative estimate of drug-likeness (QED) is 0.732. The number of anilines is 1. The Morgan fingerprint density at radius 3 is 2.50 bits per heavy atom. The molecule has 0 spiro atoms. The summed E-state index contributed by atoms with van der Waals surface area (Å²) in [6.45, 7) is 0. The number of nitrogen functional groups attached to an aromatic ring is 1. The molecule has 2 rings (SSSR count). The Hall–Kier alpha value is -1.56. The molecule has 1 heterocycles.